The molecule has 1 atom stereocenters. The Bertz CT molecular complexity index is 740. The highest BCUT2D eigenvalue weighted by molar-refractivity contribution is 5.74. The summed E-state index contributed by atoms with van der Waals surface area (Å²) in [7, 11) is 3.52. The first-order chi connectivity index (χ1) is 13.2. The van der Waals surface area contributed by atoms with Crippen molar-refractivity contribution < 1.29 is 9.53 Å². The molecule has 144 valence electrons. The van der Waals surface area contributed by atoms with Crippen LogP contribution in [-0.4, -0.2) is 61.0 Å². The van der Waals surface area contributed by atoms with Gasteiger partial charge in [0.2, 0.25) is 0 Å². The summed E-state index contributed by atoms with van der Waals surface area (Å²) in [6.07, 6.45) is 4.47. The van der Waals surface area contributed by atoms with Crippen LogP contribution in [0.3, 0.4) is 0 Å². The molecule has 1 aliphatic heterocycles. The number of likely N-dealkylation sites (N-methyl/N-ethyl adjacent to an activating group) is 1. The zero-order valence-corrected chi connectivity index (χ0v) is 16.0. The molecule has 0 spiro atoms. The third-order valence-electron chi connectivity index (χ3n) is 4.97. The smallest absolute Gasteiger partial charge is 0.317 e. The Balaban J connectivity index is 1.49. The summed E-state index contributed by atoms with van der Waals surface area (Å²) in [5, 5.41) is 11.2. The van der Waals surface area contributed by atoms with E-state index in [0.29, 0.717) is 6.54 Å². The van der Waals surface area contributed by atoms with E-state index in [-0.39, 0.29) is 12.1 Å². The van der Waals surface area contributed by atoms with Gasteiger partial charge in [-0.25, -0.2) is 4.79 Å². The average molecular weight is 369 g/mol. The molecule has 1 aliphatic rings. The Kier molecular flexibility index (Phi) is 6.46. The summed E-state index contributed by atoms with van der Waals surface area (Å²) in [5.41, 5.74) is 1.14. The number of urea groups is 1. The van der Waals surface area contributed by atoms with Crippen molar-refractivity contribution in [1.82, 2.24) is 20.4 Å². The number of methoxy groups -OCH3 is 1. The second-order valence-corrected chi connectivity index (χ2v) is 6.77. The molecule has 1 fully saturated rings. The number of amides is 2. The summed E-state index contributed by atoms with van der Waals surface area (Å²) < 4.78 is 5.24. The van der Waals surface area contributed by atoms with Gasteiger partial charge in [-0.05, 0) is 49.1 Å². The number of benzene rings is 1. The second-order valence-electron chi connectivity index (χ2n) is 6.77. The molecule has 7 nitrogen and oxygen atoms in total. The van der Waals surface area contributed by atoms with Crippen LogP contribution < -0.4 is 15.0 Å². The van der Waals surface area contributed by atoms with Gasteiger partial charge in [0.1, 0.15) is 5.75 Å². The Morgan fingerprint density at radius 2 is 2.26 bits per heavy atom. The molecule has 7 heteroatoms. The first-order valence-electron chi connectivity index (χ1n) is 9.33. The van der Waals surface area contributed by atoms with Crippen molar-refractivity contribution in [1.29, 1.82) is 0 Å². The molecule has 1 aromatic heterocycles. The maximum absolute atomic E-state index is 12.5. The van der Waals surface area contributed by atoms with Crippen LogP contribution >= 0.6 is 0 Å². The quantitative estimate of drug-likeness (QED) is 0.846. The fourth-order valence-corrected chi connectivity index (χ4v) is 3.37. The predicted molar refractivity (Wildman–Crippen MR) is 105 cm³/mol. The molecule has 2 heterocycles. The minimum absolute atomic E-state index is 0.0381. The SMILES string of the molecule is COc1cccc(CCNC(=O)N(C)C2CCCN(c3cccnn3)C2)c1. The van der Waals surface area contributed by atoms with Gasteiger partial charge in [0.05, 0.1) is 13.2 Å². The molecule has 2 amide bonds. The summed E-state index contributed by atoms with van der Waals surface area (Å²) in [5.74, 6) is 1.70. The largest absolute Gasteiger partial charge is 0.497 e. The highest BCUT2D eigenvalue weighted by Gasteiger charge is 2.26. The maximum Gasteiger partial charge on any atom is 0.317 e. The van der Waals surface area contributed by atoms with Crippen molar-refractivity contribution in [2.24, 2.45) is 0 Å². The van der Waals surface area contributed by atoms with Crippen LogP contribution in [0.4, 0.5) is 10.6 Å². The number of anilines is 1. The first-order valence-corrected chi connectivity index (χ1v) is 9.33. The molecule has 1 unspecified atom stereocenters. The molecule has 3 rings (SSSR count). The van der Waals surface area contributed by atoms with E-state index < -0.39 is 0 Å². The summed E-state index contributed by atoms with van der Waals surface area (Å²) >= 11 is 0. The molecular formula is C20H27N5O2. The third kappa shape index (κ3) is 5.09. The molecule has 27 heavy (non-hydrogen) atoms. The highest BCUT2D eigenvalue weighted by Crippen LogP contribution is 2.19. The van der Waals surface area contributed by atoms with Gasteiger partial charge in [0, 0.05) is 32.9 Å². The Labute approximate surface area is 160 Å². The van der Waals surface area contributed by atoms with E-state index in [1.807, 2.05) is 48.3 Å². The van der Waals surface area contributed by atoms with Crippen molar-refractivity contribution in [3.8, 4) is 5.75 Å². The number of ether oxygens (including phenoxy) is 1. The Morgan fingerprint density at radius 3 is 3.04 bits per heavy atom. The van der Waals surface area contributed by atoms with E-state index in [4.69, 9.17) is 4.74 Å². The Hall–Kier alpha value is -2.83. The molecule has 2 aromatic rings. The first kappa shape index (κ1) is 18.9. The number of hydrogen-bond donors (Lipinski definition) is 1. The van der Waals surface area contributed by atoms with Gasteiger partial charge in [0.25, 0.3) is 0 Å². The summed E-state index contributed by atoms with van der Waals surface area (Å²) in [4.78, 5) is 16.6. The van der Waals surface area contributed by atoms with E-state index in [9.17, 15) is 4.79 Å². The van der Waals surface area contributed by atoms with Crippen molar-refractivity contribution in [2.45, 2.75) is 25.3 Å². The Morgan fingerprint density at radius 1 is 1.37 bits per heavy atom. The fraction of sp³-hybridized carbons (Fsp3) is 0.450. The lowest BCUT2D eigenvalue weighted by Gasteiger charge is -2.37. The number of carbonyl (C=O) groups is 1. The van der Waals surface area contributed by atoms with Crippen LogP contribution in [0.2, 0.25) is 0 Å². The lowest BCUT2D eigenvalue weighted by atomic mass is 10.0. The van der Waals surface area contributed by atoms with E-state index in [1.54, 1.807) is 13.3 Å². The van der Waals surface area contributed by atoms with Gasteiger partial charge < -0.3 is 19.9 Å². The van der Waals surface area contributed by atoms with Gasteiger partial charge in [-0.1, -0.05) is 12.1 Å². The molecule has 0 radical (unpaired) electrons. The van der Waals surface area contributed by atoms with Crippen LogP contribution in [0.15, 0.2) is 42.6 Å². The van der Waals surface area contributed by atoms with E-state index in [2.05, 4.69) is 20.4 Å². The summed E-state index contributed by atoms with van der Waals surface area (Å²) in [6.45, 7) is 2.32. The molecule has 1 N–H and O–H groups in total. The molecule has 0 saturated carbocycles. The van der Waals surface area contributed by atoms with Crippen LogP contribution in [-0.2, 0) is 6.42 Å². The monoisotopic (exact) mass is 369 g/mol. The number of aromatic nitrogens is 2. The van der Waals surface area contributed by atoms with Crippen molar-refractivity contribution in [3.63, 3.8) is 0 Å². The standard InChI is InChI=1S/C20H27N5O2/c1-24(17-7-5-13-25(15-17)19-9-4-11-22-23-19)20(26)21-12-10-16-6-3-8-18(14-16)27-2/h3-4,6,8-9,11,14,17H,5,7,10,12-13,15H2,1-2H3,(H,21,26). The second kappa shape index (κ2) is 9.21. The van der Waals surface area contributed by atoms with E-state index >= 15 is 0 Å². The van der Waals surface area contributed by atoms with Crippen LogP contribution in [0, 0.1) is 0 Å². The number of rotatable bonds is 6. The van der Waals surface area contributed by atoms with Gasteiger partial charge in [0.15, 0.2) is 5.82 Å². The van der Waals surface area contributed by atoms with Crippen LogP contribution in [0.1, 0.15) is 18.4 Å². The number of hydrogen-bond acceptors (Lipinski definition) is 5. The van der Waals surface area contributed by atoms with Crippen molar-refractivity contribution in [2.75, 3.05) is 38.7 Å². The number of piperidine rings is 1. The number of carbonyl (C=O) groups excluding carboxylic acids is 1. The number of nitrogens with one attached hydrogen (secondary N) is 1. The molecule has 1 saturated heterocycles. The molecule has 1 aromatic carbocycles. The maximum atomic E-state index is 12.5. The summed E-state index contributed by atoms with van der Waals surface area (Å²) in [6, 6.07) is 11.9. The fourth-order valence-electron chi connectivity index (χ4n) is 3.37. The van der Waals surface area contributed by atoms with E-state index in [1.165, 1.54) is 0 Å². The van der Waals surface area contributed by atoms with Crippen molar-refractivity contribution in [3.05, 3.63) is 48.2 Å². The molecular weight excluding hydrogens is 342 g/mol. The zero-order valence-electron chi connectivity index (χ0n) is 16.0. The van der Waals surface area contributed by atoms with Gasteiger partial charge in [-0.15, -0.1) is 5.10 Å². The molecule has 0 aliphatic carbocycles. The molecule has 0 bridgehead atoms. The minimum Gasteiger partial charge on any atom is -0.497 e. The van der Waals surface area contributed by atoms with Gasteiger partial charge in [-0.3, -0.25) is 0 Å². The van der Waals surface area contributed by atoms with E-state index in [0.717, 1.165) is 49.5 Å². The number of nitrogens with zero attached hydrogens (tertiary/aromatic N) is 4. The third-order valence-corrected chi connectivity index (χ3v) is 4.97. The van der Waals surface area contributed by atoms with Crippen LogP contribution in [0.25, 0.3) is 0 Å². The van der Waals surface area contributed by atoms with Crippen LogP contribution in [0.5, 0.6) is 5.75 Å². The topological polar surface area (TPSA) is 70.6 Å². The van der Waals surface area contributed by atoms with Crippen molar-refractivity contribution >= 4 is 11.8 Å². The normalized spacial score (nSPS) is 16.7. The zero-order chi connectivity index (χ0) is 19.1. The lowest BCUT2D eigenvalue weighted by Crippen LogP contribution is -2.51. The minimum atomic E-state index is -0.0381. The highest BCUT2D eigenvalue weighted by atomic mass is 16.5. The van der Waals surface area contributed by atoms with Gasteiger partial charge in [-0.2, -0.15) is 5.10 Å². The average Bonchev–Trinajstić information content (AvgIpc) is 2.74. The van der Waals surface area contributed by atoms with Gasteiger partial charge >= 0.3 is 6.03 Å². The predicted octanol–water partition coefficient (Wildman–Crippen LogP) is 2.34. The lowest BCUT2D eigenvalue weighted by molar-refractivity contribution is 0.182.